The zero-order chi connectivity index (χ0) is 17.0. The van der Waals surface area contributed by atoms with Gasteiger partial charge in [0.15, 0.2) is 0 Å². The summed E-state index contributed by atoms with van der Waals surface area (Å²) >= 11 is 0. The van der Waals surface area contributed by atoms with Gasteiger partial charge in [-0.1, -0.05) is 32.4 Å². The Balaban J connectivity index is 2.06. The molecule has 0 bridgehead atoms. The third kappa shape index (κ3) is 4.14. The van der Waals surface area contributed by atoms with Crippen LogP contribution in [0.3, 0.4) is 0 Å². The highest BCUT2D eigenvalue weighted by atomic mass is 16.5. The van der Waals surface area contributed by atoms with E-state index < -0.39 is 5.97 Å². The molecule has 1 heterocycles. The Labute approximate surface area is 138 Å². The van der Waals surface area contributed by atoms with Gasteiger partial charge in [0.05, 0.1) is 6.61 Å². The summed E-state index contributed by atoms with van der Waals surface area (Å²) in [5, 5.41) is 10.3. The van der Waals surface area contributed by atoms with Crippen LogP contribution in [0.1, 0.15) is 49.2 Å². The van der Waals surface area contributed by atoms with E-state index in [1.807, 2.05) is 19.2 Å². The van der Waals surface area contributed by atoms with Crippen molar-refractivity contribution in [3.05, 3.63) is 35.5 Å². The number of aryl methyl sites for hydroxylation is 2. The summed E-state index contributed by atoms with van der Waals surface area (Å²) in [5.41, 5.74) is 2.77. The van der Waals surface area contributed by atoms with Crippen molar-refractivity contribution in [2.45, 2.75) is 39.5 Å². The molecule has 23 heavy (non-hydrogen) atoms. The molecule has 0 saturated heterocycles. The van der Waals surface area contributed by atoms with Gasteiger partial charge < -0.3 is 14.4 Å². The predicted octanol–water partition coefficient (Wildman–Crippen LogP) is 4.26. The number of hydrogen-bond donors (Lipinski definition) is 1. The number of nitrogens with zero attached hydrogens (tertiary/aromatic N) is 1. The molecule has 0 saturated carbocycles. The summed E-state index contributed by atoms with van der Waals surface area (Å²) in [6, 6.07) is 7.89. The van der Waals surface area contributed by atoms with Crippen LogP contribution in [-0.2, 0) is 18.2 Å². The zero-order valence-electron chi connectivity index (χ0n) is 14.6. The summed E-state index contributed by atoms with van der Waals surface area (Å²) < 4.78 is 7.01. The summed E-state index contributed by atoms with van der Waals surface area (Å²) in [5.74, 6) is -0.879. The zero-order valence-corrected chi connectivity index (χ0v) is 14.6. The Morgan fingerprint density at radius 3 is 2.70 bits per heavy atom. The van der Waals surface area contributed by atoms with Gasteiger partial charge in [0.1, 0.15) is 5.69 Å². The van der Waals surface area contributed by atoms with Crippen molar-refractivity contribution in [2.24, 2.45) is 12.5 Å². The maximum Gasteiger partial charge on any atom is 0.352 e. The molecule has 1 aromatic carbocycles. The van der Waals surface area contributed by atoms with Gasteiger partial charge in [-0.3, -0.25) is 0 Å². The standard InChI is InChI=1S/C19H27NO3/c1-19(2,13-23-4)11-6-5-8-14-9-7-10-16-15(14)12-17(18(21)22)20(16)3/h7,9-10,12H,5-6,8,11,13H2,1-4H3,(H,21,22). The van der Waals surface area contributed by atoms with Crippen LogP contribution in [0.5, 0.6) is 0 Å². The molecule has 0 amide bonds. The predicted molar refractivity (Wildman–Crippen MR) is 93.1 cm³/mol. The van der Waals surface area contributed by atoms with Crippen molar-refractivity contribution in [1.29, 1.82) is 0 Å². The molecule has 1 aromatic heterocycles. The van der Waals surface area contributed by atoms with Crippen molar-refractivity contribution >= 4 is 16.9 Å². The van der Waals surface area contributed by atoms with Gasteiger partial charge in [0.25, 0.3) is 0 Å². The van der Waals surface area contributed by atoms with E-state index in [1.54, 1.807) is 17.7 Å². The van der Waals surface area contributed by atoms with Crippen LogP contribution in [0.15, 0.2) is 24.3 Å². The van der Waals surface area contributed by atoms with Crippen molar-refractivity contribution in [3.8, 4) is 0 Å². The number of carbonyl (C=O) groups is 1. The SMILES string of the molecule is COCC(C)(C)CCCCc1cccc2c1cc(C(=O)O)n2C. The number of benzene rings is 1. The first-order chi connectivity index (χ1) is 10.9. The maximum atomic E-state index is 11.3. The lowest BCUT2D eigenvalue weighted by atomic mass is 9.87. The number of carboxylic acids is 1. The molecule has 0 radical (unpaired) electrons. The third-order valence-electron chi connectivity index (χ3n) is 4.48. The number of carboxylic acid groups (broad SMARTS) is 1. The van der Waals surface area contributed by atoms with E-state index in [0.717, 1.165) is 43.2 Å². The first-order valence-electron chi connectivity index (χ1n) is 8.15. The van der Waals surface area contributed by atoms with Crippen molar-refractivity contribution in [2.75, 3.05) is 13.7 Å². The van der Waals surface area contributed by atoms with Crippen LogP contribution < -0.4 is 0 Å². The van der Waals surface area contributed by atoms with E-state index in [1.165, 1.54) is 5.56 Å². The molecular weight excluding hydrogens is 290 g/mol. The summed E-state index contributed by atoms with van der Waals surface area (Å²) in [6.07, 6.45) is 4.35. The summed E-state index contributed by atoms with van der Waals surface area (Å²) in [6.45, 7) is 5.24. The molecule has 4 heteroatoms. The highest BCUT2D eigenvalue weighted by Crippen LogP contribution is 2.27. The monoisotopic (exact) mass is 317 g/mol. The lowest BCUT2D eigenvalue weighted by Crippen LogP contribution is -2.18. The Bertz CT molecular complexity index is 685. The Kier molecular flexibility index (Phi) is 5.47. The van der Waals surface area contributed by atoms with Crippen molar-refractivity contribution < 1.29 is 14.6 Å². The van der Waals surface area contributed by atoms with Gasteiger partial charge in [0, 0.05) is 25.1 Å². The summed E-state index contributed by atoms with van der Waals surface area (Å²) in [7, 11) is 3.56. The number of methoxy groups -OCH3 is 1. The van der Waals surface area contributed by atoms with E-state index in [0.29, 0.717) is 5.69 Å². The van der Waals surface area contributed by atoms with E-state index in [2.05, 4.69) is 19.9 Å². The normalized spacial score (nSPS) is 12.0. The Morgan fingerprint density at radius 2 is 2.04 bits per heavy atom. The fraction of sp³-hybridized carbons (Fsp3) is 0.526. The molecule has 2 rings (SSSR count). The van der Waals surface area contributed by atoms with Gasteiger partial charge in [-0.2, -0.15) is 0 Å². The maximum absolute atomic E-state index is 11.3. The van der Waals surface area contributed by atoms with Gasteiger partial charge in [-0.05, 0) is 42.4 Å². The molecule has 0 atom stereocenters. The number of aromatic carboxylic acids is 1. The average molecular weight is 317 g/mol. The van der Waals surface area contributed by atoms with Gasteiger partial charge in [-0.15, -0.1) is 0 Å². The largest absolute Gasteiger partial charge is 0.477 e. The molecule has 0 unspecified atom stereocenters. The second kappa shape index (κ2) is 7.18. The summed E-state index contributed by atoms with van der Waals surface area (Å²) in [4.78, 5) is 11.3. The minimum absolute atomic E-state index is 0.212. The molecular formula is C19H27NO3. The number of aromatic nitrogens is 1. The topological polar surface area (TPSA) is 51.5 Å². The van der Waals surface area contributed by atoms with Crippen LogP contribution in [-0.4, -0.2) is 29.4 Å². The highest BCUT2D eigenvalue weighted by molar-refractivity contribution is 5.95. The smallest absolute Gasteiger partial charge is 0.352 e. The molecule has 1 N–H and O–H groups in total. The van der Waals surface area contributed by atoms with Gasteiger partial charge >= 0.3 is 5.97 Å². The van der Waals surface area contributed by atoms with E-state index in [-0.39, 0.29) is 5.41 Å². The van der Waals surface area contributed by atoms with Crippen LogP contribution in [0.25, 0.3) is 10.9 Å². The Hall–Kier alpha value is -1.81. The highest BCUT2D eigenvalue weighted by Gasteiger charge is 2.17. The van der Waals surface area contributed by atoms with E-state index >= 15 is 0 Å². The minimum atomic E-state index is -0.879. The second-order valence-electron chi connectivity index (χ2n) is 7.05. The van der Waals surface area contributed by atoms with Crippen molar-refractivity contribution in [3.63, 3.8) is 0 Å². The number of unbranched alkanes of at least 4 members (excludes halogenated alkanes) is 1. The molecule has 2 aromatic rings. The van der Waals surface area contributed by atoms with Crippen LogP contribution in [0, 0.1) is 5.41 Å². The quantitative estimate of drug-likeness (QED) is 0.740. The molecule has 126 valence electrons. The van der Waals surface area contributed by atoms with Crippen LogP contribution in [0.2, 0.25) is 0 Å². The van der Waals surface area contributed by atoms with Gasteiger partial charge in [-0.25, -0.2) is 4.79 Å². The molecule has 0 aliphatic carbocycles. The molecule has 0 fully saturated rings. The Morgan fingerprint density at radius 1 is 1.30 bits per heavy atom. The fourth-order valence-electron chi connectivity index (χ4n) is 3.23. The van der Waals surface area contributed by atoms with Crippen LogP contribution in [0.4, 0.5) is 0 Å². The first-order valence-corrected chi connectivity index (χ1v) is 8.15. The molecule has 0 spiro atoms. The molecule has 0 aliphatic rings. The number of ether oxygens (including phenoxy) is 1. The number of fused-ring (bicyclic) bond motifs is 1. The molecule has 4 nitrogen and oxygen atoms in total. The lowest BCUT2D eigenvalue weighted by Gasteiger charge is -2.23. The third-order valence-corrected chi connectivity index (χ3v) is 4.48. The van der Waals surface area contributed by atoms with Crippen LogP contribution >= 0.6 is 0 Å². The van der Waals surface area contributed by atoms with E-state index in [4.69, 9.17) is 4.74 Å². The average Bonchev–Trinajstić information content (AvgIpc) is 2.82. The number of rotatable bonds is 8. The lowest BCUT2D eigenvalue weighted by molar-refractivity contribution is 0.0687. The molecule has 0 aliphatic heterocycles. The fourth-order valence-corrected chi connectivity index (χ4v) is 3.23. The van der Waals surface area contributed by atoms with Gasteiger partial charge in [0.2, 0.25) is 0 Å². The van der Waals surface area contributed by atoms with E-state index in [9.17, 15) is 9.90 Å². The minimum Gasteiger partial charge on any atom is -0.477 e. The van der Waals surface area contributed by atoms with Crippen molar-refractivity contribution in [1.82, 2.24) is 4.57 Å². The number of hydrogen-bond acceptors (Lipinski definition) is 2. The first kappa shape index (κ1) is 17.5. The second-order valence-corrected chi connectivity index (χ2v) is 7.05.